The van der Waals surface area contributed by atoms with Gasteiger partial charge in [-0.25, -0.2) is 9.97 Å². The molecule has 2 aromatic heterocycles. The van der Waals surface area contributed by atoms with Gasteiger partial charge in [0.15, 0.2) is 5.65 Å². The van der Waals surface area contributed by atoms with Gasteiger partial charge in [-0.1, -0.05) is 11.6 Å². The third-order valence-corrected chi connectivity index (χ3v) is 3.13. The van der Waals surface area contributed by atoms with E-state index in [-0.39, 0.29) is 0 Å². The number of aromatic nitrogens is 3. The van der Waals surface area contributed by atoms with Crippen LogP contribution in [0.4, 0.5) is 5.95 Å². The summed E-state index contributed by atoms with van der Waals surface area (Å²) in [5.41, 5.74) is 8.18. The van der Waals surface area contributed by atoms with Gasteiger partial charge in [-0.3, -0.25) is 4.57 Å². The minimum Gasteiger partial charge on any atom is -0.495 e. The number of nitrogens with zero attached hydrogens (tertiary/aromatic N) is 3. The summed E-state index contributed by atoms with van der Waals surface area (Å²) in [4.78, 5) is 8.56. The van der Waals surface area contributed by atoms with E-state index in [9.17, 15) is 0 Å². The second-order valence-electron chi connectivity index (χ2n) is 3.97. The van der Waals surface area contributed by atoms with Crippen LogP contribution in [0.25, 0.3) is 16.9 Å². The number of imidazole rings is 1. The summed E-state index contributed by atoms with van der Waals surface area (Å²) in [6.07, 6.45) is 1.70. The van der Waals surface area contributed by atoms with E-state index in [0.29, 0.717) is 22.4 Å². The van der Waals surface area contributed by atoms with Crippen LogP contribution in [0.5, 0.6) is 5.75 Å². The molecule has 1 aromatic carbocycles. The van der Waals surface area contributed by atoms with Gasteiger partial charge in [-0.15, -0.1) is 0 Å². The number of benzene rings is 1. The summed E-state index contributed by atoms with van der Waals surface area (Å²) in [5.74, 6) is 0.983. The maximum Gasteiger partial charge on any atom is 0.207 e. The molecular formula is C13H11ClN4O. The zero-order chi connectivity index (χ0) is 13.4. The Kier molecular flexibility index (Phi) is 2.76. The number of rotatable bonds is 2. The van der Waals surface area contributed by atoms with Crippen LogP contribution in [0.15, 0.2) is 36.5 Å². The molecule has 96 valence electrons. The Labute approximate surface area is 114 Å². The lowest BCUT2D eigenvalue weighted by atomic mass is 10.3. The second-order valence-corrected chi connectivity index (χ2v) is 4.38. The molecule has 2 N–H and O–H groups in total. The van der Waals surface area contributed by atoms with E-state index >= 15 is 0 Å². The maximum atomic E-state index is 6.13. The van der Waals surface area contributed by atoms with Gasteiger partial charge in [0.1, 0.15) is 11.3 Å². The number of hydrogen-bond acceptors (Lipinski definition) is 4. The Balaban J connectivity index is 2.24. The van der Waals surface area contributed by atoms with E-state index in [4.69, 9.17) is 22.1 Å². The smallest absolute Gasteiger partial charge is 0.207 e. The third-order valence-electron chi connectivity index (χ3n) is 2.84. The van der Waals surface area contributed by atoms with Gasteiger partial charge in [0.05, 0.1) is 17.8 Å². The monoisotopic (exact) mass is 274 g/mol. The molecule has 3 aromatic rings. The van der Waals surface area contributed by atoms with Gasteiger partial charge in [-0.05, 0) is 30.3 Å². The average molecular weight is 275 g/mol. The fourth-order valence-corrected chi connectivity index (χ4v) is 2.23. The van der Waals surface area contributed by atoms with Crippen molar-refractivity contribution in [2.24, 2.45) is 0 Å². The van der Waals surface area contributed by atoms with E-state index in [2.05, 4.69) is 9.97 Å². The van der Waals surface area contributed by atoms with Gasteiger partial charge in [0, 0.05) is 6.20 Å². The number of nitrogen functional groups attached to an aromatic ring is 1. The minimum absolute atomic E-state index is 0.370. The molecule has 6 heteroatoms. The molecular weight excluding hydrogens is 264 g/mol. The number of methoxy groups -OCH3 is 1. The van der Waals surface area contributed by atoms with Crippen LogP contribution in [-0.2, 0) is 0 Å². The number of pyridine rings is 1. The van der Waals surface area contributed by atoms with Crippen molar-refractivity contribution in [1.82, 2.24) is 14.5 Å². The Bertz CT molecular complexity index is 753. The van der Waals surface area contributed by atoms with Gasteiger partial charge >= 0.3 is 0 Å². The highest BCUT2D eigenvalue weighted by atomic mass is 35.5. The molecule has 0 amide bonds. The quantitative estimate of drug-likeness (QED) is 0.780. The van der Waals surface area contributed by atoms with Crippen LogP contribution in [0.1, 0.15) is 0 Å². The molecule has 0 saturated carbocycles. The molecule has 0 radical (unpaired) electrons. The first kappa shape index (κ1) is 11.8. The highest BCUT2D eigenvalue weighted by Gasteiger charge is 2.12. The third kappa shape index (κ3) is 1.88. The fraction of sp³-hybridized carbons (Fsp3) is 0.0769. The number of hydrogen-bond donors (Lipinski definition) is 1. The van der Waals surface area contributed by atoms with Crippen molar-refractivity contribution >= 4 is 28.7 Å². The number of fused-ring (bicyclic) bond motifs is 1. The normalized spacial score (nSPS) is 10.8. The van der Waals surface area contributed by atoms with Gasteiger partial charge in [0.2, 0.25) is 5.95 Å². The molecule has 0 bridgehead atoms. The molecule has 0 unspecified atom stereocenters. The highest BCUT2D eigenvalue weighted by Crippen LogP contribution is 2.29. The second kappa shape index (κ2) is 4.44. The lowest BCUT2D eigenvalue weighted by molar-refractivity contribution is 0.415. The number of anilines is 1. The van der Waals surface area contributed by atoms with Crippen molar-refractivity contribution in [3.8, 4) is 11.4 Å². The average Bonchev–Trinajstić information content (AvgIpc) is 2.74. The molecule has 0 aliphatic rings. The standard InChI is InChI=1S/C13H11ClN4O/c1-19-11-5-4-8(7-9(11)14)18-12-10(17-13(18)15)3-2-6-16-12/h2-7H,1H3,(H2,15,17). The van der Waals surface area contributed by atoms with E-state index < -0.39 is 0 Å². The predicted octanol–water partition coefficient (Wildman–Crippen LogP) is 2.66. The van der Waals surface area contributed by atoms with Crippen molar-refractivity contribution in [2.75, 3.05) is 12.8 Å². The Morgan fingerprint density at radius 1 is 1.32 bits per heavy atom. The Hall–Kier alpha value is -2.27. The van der Waals surface area contributed by atoms with Crippen LogP contribution in [-0.4, -0.2) is 21.6 Å². The molecule has 3 rings (SSSR count). The largest absolute Gasteiger partial charge is 0.495 e. The molecule has 0 atom stereocenters. The molecule has 19 heavy (non-hydrogen) atoms. The highest BCUT2D eigenvalue weighted by molar-refractivity contribution is 6.32. The van der Waals surface area contributed by atoms with Gasteiger partial charge in [-0.2, -0.15) is 0 Å². The number of ether oxygens (including phenoxy) is 1. The van der Waals surface area contributed by atoms with Crippen molar-refractivity contribution in [3.05, 3.63) is 41.6 Å². The summed E-state index contributed by atoms with van der Waals surface area (Å²) in [6.45, 7) is 0. The fourth-order valence-electron chi connectivity index (χ4n) is 1.98. The molecule has 0 spiro atoms. The number of nitrogens with two attached hydrogens (primary N) is 1. The van der Waals surface area contributed by atoms with E-state index in [0.717, 1.165) is 11.2 Å². The first-order chi connectivity index (χ1) is 9.20. The van der Waals surface area contributed by atoms with Gasteiger partial charge in [0.25, 0.3) is 0 Å². The zero-order valence-electron chi connectivity index (χ0n) is 10.2. The summed E-state index contributed by atoms with van der Waals surface area (Å²) in [5, 5.41) is 0.511. The topological polar surface area (TPSA) is 66.0 Å². The first-order valence-corrected chi connectivity index (χ1v) is 6.01. The lowest BCUT2D eigenvalue weighted by Gasteiger charge is -2.08. The van der Waals surface area contributed by atoms with E-state index in [1.165, 1.54) is 0 Å². The van der Waals surface area contributed by atoms with Gasteiger partial charge < -0.3 is 10.5 Å². The summed E-state index contributed by atoms with van der Waals surface area (Å²) in [6, 6.07) is 9.09. The summed E-state index contributed by atoms with van der Waals surface area (Å²) >= 11 is 6.13. The van der Waals surface area contributed by atoms with Crippen molar-refractivity contribution < 1.29 is 4.74 Å². The Morgan fingerprint density at radius 3 is 2.89 bits per heavy atom. The molecule has 0 aliphatic carbocycles. The molecule has 0 fully saturated rings. The molecule has 0 aliphatic heterocycles. The summed E-state index contributed by atoms with van der Waals surface area (Å²) < 4.78 is 6.88. The maximum absolute atomic E-state index is 6.13. The molecule has 2 heterocycles. The molecule has 0 saturated heterocycles. The van der Waals surface area contributed by atoms with Crippen LogP contribution in [0.3, 0.4) is 0 Å². The Morgan fingerprint density at radius 2 is 2.16 bits per heavy atom. The van der Waals surface area contributed by atoms with Crippen LogP contribution >= 0.6 is 11.6 Å². The van der Waals surface area contributed by atoms with Crippen molar-refractivity contribution in [3.63, 3.8) is 0 Å². The SMILES string of the molecule is COc1ccc(-n2c(N)nc3cccnc32)cc1Cl. The van der Waals surface area contributed by atoms with E-state index in [1.807, 2.05) is 18.2 Å². The predicted molar refractivity (Wildman–Crippen MR) is 74.8 cm³/mol. The van der Waals surface area contributed by atoms with Crippen molar-refractivity contribution in [1.29, 1.82) is 0 Å². The number of halogens is 1. The lowest BCUT2D eigenvalue weighted by Crippen LogP contribution is -2.01. The van der Waals surface area contributed by atoms with Crippen LogP contribution < -0.4 is 10.5 Å². The zero-order valence-corrected chi connectivity index (χ0v) is 10.9. The van der Waals surface area contributed by atoms with E-state index in [1.54, 1.807) is 30.0 Å². The van der Waals surface area contributed by atoms with Crippen molar-refractivity contribution in [2.45, 2.75) is 0 Å². The first-order valence-electron chi connectivity index (χ1n) is 5.63. The van der Waals surface area contributed by atoms with Crippen LogP contribution in [0, 0.1) is 0 Å². The minimum atomic E-state index is 0.370. The molecule has 5 nitrogen and oxygen atoms in total. The summed E-state index contributed by atoms with van der Waals surface area (Å²) in [7, 11) is 1.57. The van der Waals surface area contributed by atoms with Crippen LogP contribution in [0.2, 0.25) is 5.02 Å².